The van der Waals surface area contributed by atoms with Crippen molar-refractivity contribution in [1.29, 1.82) is 5.26 Å². The van der Waals surface area contributed by atoms with Crippen molar-refractivity contribution in [3.05, 3.63) is 80.2 Å². The molecular weight excluding hydrogens is 364 g/mol. The highest BCUT2D eigenvalue weighted by molar-refractivity contribution is 8.02. The van der Waals surface area contributed by atoms with E-state index in [9.17, 15) is 10.1 Å². The summed E-state index contributed by atoms with van der Waals surface area (Å²) in [6.07, 6.45) is 0. The lowest BCUT2D eigenvalue weighted by Crippen LogP contribution is -2.28. The number of ether oxygens (including phenoxy) is 1. The minimum Gasteiger partial charge on any atom is -0.466 e. The number of carbonyl (C=O) groups excluding carboxylic acids is 1. The van der Waals surface area contributed by atoms with Gasteiger partial charge in [-0.3, -0.25) is 0 Å². The van der Waals surface area contributed by atoms with E-state index < -0.39 is 11.9 Å². The lowest BCUT2D eigenvalue weighted by Gasteiger charge is -2.28. The van der Waals surface area contributed by atoms with Gasteiger partial charge in [0.2, 0.25) is 0 Å². The Hall–Kier alpha value is -2.49. The Morgan fingerprint density at radius 3 is 2.69 bits per heavy atom. The molecule has 1 aliphatic rings. The molecule has 0 radical (unpaired) electrons. The molecule has 132 valence electrons. The molecule has 0 saturated heterocycles. The summed E-state index contributed by atoms with van der Waals surface area (Å²) in [5.41, 5.74) is 2.96. The second-order valence-electron chi connectivity index (χ2n) is 5.73. The molecule has 1 aromatic heterocycles. The van der Waals surface area contributed by atoms with Crippen LogP contribution in [0, 0.1) is 11.3 Å². The third-order valence-corrected chi connectivity index (χ3v) is 6.13. The fraction of sp³-hybridized carbons (Fsp3) is 0.200. The van der Waals surface area contributed by atoms with E-state index in [1.54, 1.807) is 11.8 Å². The molecule has 0 spiro atoms. The van der Waals surface area contributed by atoms with E-state index in [1.165, 1.54) is 24.0 Å². The standard InChI is InChI=1S/C20H18N2O2S2/c1-13-17(20(23)24-2)18(16-9-6-10-25-16)15(11-21)19(22-13)26-12-14-7-4-3-5-8-14/h3-10,18,22H,12H2,1-2H3. The number of benzene rings is 1. The molecule has 1 aliphatic heterocycles. The van der Waals surface area contributed by atoms with Crippen LogP contribution in [0.2, 0.25) is 0 Å². The van der Waals surface area contributed by atoms with Crippen LogP contribution in [0.3, 0.4) is 0 Å². The van der Waals surface area contributed by atoms with E-state index in [1.807, 2.05) is 42.6 Å². The lowest BCUT2D eigenvalue weighted by molar-refractivity contribution is -0.136. The number of dihydropyridines is 1. The van der Waals surface area contributed by atoms with Crippen molar-refractivity contribution in [1.82, 2.24) is 5.32 Å². The zero-order valence-electron chi connectivity index (χ0n) is 14.5. The Balaban J connectivity index is 1.99. The number of thiophene rings is 1. The van der Waals surface area contributed by atoms with E-state index in [2.05, 4.69) is 23.5 Å². The maximum Gasteiger partial charge on any atom is 0.336 e. The molecule has 2 heterocycles. The fourth-order valence-corrected chi connectivity index (χ4v) is 4.77. The van der Waals surface area contributed by atoms with Gasteiger partial charge in [0.25, 0.3) is 0 Å². The molecule has 26 heavy (non-hydrogen) atoms. The summed E-state index contributed by atoms with van der Waals surface area (Å²) in [5.74, 6) is -0.0629. The zero-order chi connectivity index (χ0) is 18.5. The van der Waals surface area contributed by atoms with Gasteiger partial charge in [-0.2, -0.15) is 5.26 Å². The quantitative estimate of drug-likeness (QED) is 0.769. The zero-order valence-corrected chi connectivity index (χ0v) is 16.1. The van der Waals surface area contributed by atoms with Gasteiger partial charge in [-0.15, -0.1) is 23.1 Å². The third-order valence-electron chi connectivity index (χ3n) is 4.11. The number of hydrogen-bond acceptors (Lipinski definition) is 6. The van der Waals surface area contributed by atoms with E-state index in [4.69, 9.17) is 4.74 Å². The molecule has 1 atom stereocenters. The maximum atomic E-state index is 12.4. The summed E-state index contributed by atoms with van der Waals surface area (Å²) in [6, 6.07) is 16.3. The highest BCUT2D eigenvalue weighted by Crippen LogP contribution is 2.42. The van der Waals surface area contributed by atoms with Gasteiger partial charge in [0.15, 0.2) is 0 Å². The van der Waals surface area contributed by atoms with Crippen molar-refractivity contribution >= 4 is 29.1 Å². The summed E-state index contributed by atoms with van der Waals surface area (Å²) in [7, 11) is 1.36. The van der Waals surface area contributed by atoms with Crippen molar-refractivity contribution in [3.63, 3.8) is 0 Å². The number of nitrogens with one attached hydrogen (secondary N) is 1. The summed E-state index contributed by atoms with van der Waals surface area (Å²) in [6.45, 7) is 1.85. The highest BCUT2D eigenvalue weighted by atomic mass is 32.2. The molecule has 0 bridgehead atoms. The van der Waals surface area contributed by atoms with Gasteiger partial charge >= 0.3 is 5.97 Å². The average molecular weight is 383 g/mol. The third kappa shape index (κ3) is 3.69. The number of hydrogen-bond donors (Lipinski definition) is 1. The Morgan fingerprint density at radius 2 is 2.08 bits per heavy atom. The van der Waals surface area contributed by atoms with Crippen molar-refractivity contribution in [2.24, 2.45) is 0 Å². The Labute approximate surface area is 161 Å². The SMILES string of the molecule is COC(=O)C1=C(C)NC(SCc2ccccc2)=C(C#N)C1c1cccs1. The first-order chi connectivity index (χ1) is 12.7. The smallest absolute Gasteiger partial charge is 0.336 e. The minimum atomic E-state index is -0.409. The number of rotatable bonds is 5. The number of thioether (sulfide) groups is 1. The molecule has 1 unspecified atom stereocenters. The molecule has 1 aromatic carbocycles. The number of esters is 1. The highest BCUT2D eigenvalue weighted by Gasteiger charge is 2.35. The first kappa shape index (κ1) is 18.3. The summed E-state index contributed by atoms with van der Waals surface area (Å²) >= 11 is 3.11. The molecule has 0 saturated carbocycles. The molecule has 3 rings (SSSR count). The van der Waals surface area contributed by atoms with Crippen LogP contribution in [0.1, 0.15) is 23.3 Å². The van der Waals surface area contributed by atoms with Crippen LogP contribution >= 0.6 is 23.1 Å². The summed E-state index contributed by atoms with van der Waals surface area (Å²) in [5, 5.41) is 15.8. The summed E-state index contributed by atoms with van der Waals surface area (Å²) in [4.78, 5) is 13.3. The normalized spacial score (nSPS) is 16.9. The molecule has 0 fully saturated rings. The van der Waals surface area contributed by atoms with Gasteiger partial charge in [-0.1, -0.05) is 36.4 Å². The predicted octanol–water partition coefficient (Wildman–Crippen LogP) is 4.55. The van der Waals surface area contributed by atoms with Crippen LogP contribution in [0.5, 0.6) is 0 Å². The van der Waals surface area contributed by atoms with Crippen molar-refractivity contribution in [2.75, 3.05) is 7.11 Å². The van der Waals surface area contributed by atoms with Gasteiger partial charge in [0, 0.05) is 16.3 Å². The van der Waals surface area contributed by atoms with Crippen molar-refractivity contribution in [2.45, 2.75) is 18.6 Å². The molecular formula is C20H18N2O2S2. The number of methoxy groups -OCH3 is 1. The van der Waals surface area contributed by atoms with Gasteiger partial charge in [0.05, 0.1) is 35.3 Å². The first-order valence-corrected chi connectivity index (χ1v) is 9.92. The molecule has 6 heteroatoms. The van der Waals surface area contributed by atoms with E-state index >= 15 is 0 Å². The maximum absolute atomic E-state index is 12.4. The van der Waals surface area contributed by atoms with Gasteiger partial charge in [0.1, 0.15) is 0 Å². The van der Waals surface area contributed by atoms with E-state index in [0.29, 0.717) is 11.1 Å². The van der Waals surface area contributed by atoms with E-state index in [-0.39, 0.29) is 0 Å². The Morgan fingerprint density at radius 1 is 1.31 bits per heavy atom. The molecule has 1 N–H and O–H groups in total. The van der Waals surface area contributed by atoms with Crippen LogP contribution in [-0.4, -0.2) is 13.1 Å². The second kappa shape index (κ2) is 8.26. The largest absolute Gasteiger partial charge is 0.466 e. The van der Waals surface area contributed by atoms with E-state index in [0.717, 1.165) is 21.4 Å². The van der Waals surface area contributed by atoms with Gasteiger partial charge < -0.3 is 10.1 Å². The average Bonchev–Trinajstić information content (AvgIpc) is 3.20. The Bertz CT molecular complexity index is 894. The topological polar surface area (TPSA) is 62.1 Å². The number of nitriles is 1. The van der Waals surface area contributed by atoms with Crippen LogP contribution in [-0.2, 0) is 15.3 Å². The first-order valence-electron chi connectivity index (χ1n) is 8.06. The second-order valence-corrected chi connectivity index (χ2v) is 7.70. The van der Waals surface area contributed by atoms with Crippen LogP contribution < -0.4 is 5.32 Å². The molecule has 4 nitrogen and oxygen atoms in total. The molecule has 0 aliphatic carbocycles. The predicted molar refractivity (Wildman–Crippen MR) is 105 cm³/mol. The van der Waals surface area contributed by atoms with Gasteiger partial charge in [-0.05, 0) is 23.9 Å². The number of carbonyl (C=O) groups is 1. The monoisotopic (exact) mass is 382 g/mol. The number of allylic oxidation sites excluding steroid dienone is 2. The van der Waals surface area contributed by atoms with Crippen molar-refractivity contribution < 1.29 is 9.53 Å². The minimum absolute atomic E-state index is 0.396. The molecule has 0 amide bonds. The summed E-state index contributed by atoms with van der Waals surface area (Å²) < 4.78 is 4.97. The Kier molecular flexibility index (Phi) is 5.82. The van der Waals surface area contributed by atoms with Gasteiger partial charge in [-0.25, -0.2) is 4.79 Å². The van der Waals surface area contributed by atoms with Crippen LogP contribution in [0.4, 0.5) is 0 Å². The van der Waals surface area contributed by atoms with Crippen molar-refractivity contribution in [3.8, 4) is 6.07 Å². The molecule has 2 aromatic rings. The number of nitrogens with zero attached hydrogens (tertiary/aromatic N) is 1. The lowest BCUT2D eigenvalue weighted by atomic mass is 9.87. The van der Waals surface area contributed by atoms with Crippen LogP contribution in [0.15, 0.2) is 69.7 Å². The fourth-order valence-electron chi connectivity index (χ4n) is 2.88. The van der Waals surface area contributed by atoms with Crippen LogP contribution in [0.25, 0.3) is 0 Å².